The number of halogens is 1. The second-order valence-corrected chi connectivity index (χ2v) is 6.60. The molecule has 132 valence electrons. The van der Waals surface area contributed by atoms with Crippen LogP contribution in [-0.4, -0.2) is 54.4 Å². The molecule has 0 radical (unpaired) electrons. The number of piperidine rings is 1. The molecule has 1 atom stereocenters. The number of methoxy groups -OCH3 is 1. The third-order valence-electron chi connectivity index (χ3n) is 5.15. The molecule has 1 spiro atoms. The number of aliphatic hydroxyl groups is 1. The highest BCUT2D eigenvalue weighted by atomic mass is 19.1. The molecule has 0 aromatic heterocycles. The maximum Gasteiger partial charge on any atom is 0.226 e. The molecule has 1 aromatic carbocycles. The Kier molecular flexibility index (Phi) is 5.06. The van der Waals surface area contributed by atoms with E-state index in [4.69, 9.17) is 9.47 Å². The van der Waals surface area contributed by atoms with Gasteiger partial charge in [0.05, 0.1) is 25.2 Å². The maximum absolute atomic E-state index is 13.7. The number of amides is 1. The van der Waals surface area contributed by atoms with Gasteiger partial charge >= 0.3 is 0 Å². The zero-order chi connectivity index (χ0) is 17.2. The number of likely N-dealkylation sites (tertiary alicyclic amines) is 1. The summed E-state index contributed by atoms with van der Waals surface area (Å²) in [4.78, 5) is 14.2. The lowest BCUT2D eigenvalue weighted by Gasteiger charge is -2.46. The van der Waals surface area contributed by atoms with Crippen molar-refractivity contribution in [1.29, 1.82) is 0 Å². The van der Waals surface area contributed by atoms with Crippen LogP contribution in [0.4, 0.5) is 4.39 Å². The molecule has 1 aromatic rings. The molecule has 24 heavy (non-hydrogen) atoms. The fourth-order valence-corrected chi connectivity index (χ4v) is 3.63. The van der Waals surface area contributed by atoms with Gasteiger partial charge in [-0.15, -0.1) is 0 Å². The highest BCUT2D eigenvalue weighted by molar-refractivity contribution is 5.79. The molecule has 2 fully saturated rings. The first-order chi connectivity index (χ1) is 11.5. The average Bonchev–Trinajstić information content (AvgIpc) is 2.58. The molecule has 0 saturated carbocycles. The first kappa shape index (κ1) is 17.2. The Morgan fingerprint density at radius 3 is 2.83 bits per heavy atom. The van der Waals surface area contributed by atoms with Crippen molar-refractivity contribution in [2.75, 3.05) is 26.8 Å². The molecule has 2 saturated heterocycles. The minimum Gasteiger partial charge on any atom is -0.494 e. The summed E-state index contributed by atoms with van der Waals surface area (Å²) >= 11 is 0. The molecule has 0 unspecified atom stereocenters. The SMILES string of the molecule is COc1ccc(CC(=O)N2CCC3(CC2)OCCC[C@H]3O)cc1F. The van der Waals surface area contributed by atoms with E-state index in [-0.39, 0.29) is 18.1 Å². The topological polar surface area (TPSA) is 59.0 Å². The predicted molar refractivity (Wildman–Crippen MR) is 86.4 cm³/mol. The highest BCUT2D eigenvalue weighted by Crippen LogP contribution is 2.35. The van der Waals surface area contributed by atoms with Gasteiger partial charge in [0.1, 0.15) is 0 Å². The minimum atomic E-state index is -0.485. The van der Waals surface area contributed by atoms with Crippen molar-refractivity contribution in [3.05, 3.63) is 29.6 Å². The van der Waals surface area contributed by atoms with E-state index in [2.05, 4.69) is 0 Å². The van der Waals surface area contributed by atoms with Crippen LogP contribution in [0.25, 0.3) is 0 Å². The van der Waals surface area contributed by atoms with Gasteiger partial charge in [0.2, 0.25) is 5.91 Å². The molecule has 1 amide bonds. The van der Waals surface area contributed by atoms with Gasteiger partial charge in [0.25, 0.3) is 0 Å². The Balaban J connectivity index is 1.58. The van der Waals surface area contributed by atoms with Crippen LogP contribution in [0, 0.1) is 5.82 Å². The zero-order valence-corrected chi connectivity index (χ0v) is 14.0. The lowest BCUT2D eigenvalue weighted by Crippen LogP contribution is -2.56. The number of hydrogen-bond acceptors (Lipinski definition) is 4. The number of ether oxygens (including phenoxy) is 2. The van der Waals surface area contributed by atoms with Crippen molar-refractivity contribution in [1.82, 2.24) is 4.90 Å². The summed E-state index contributed by atoms with van der Waals surface area (Å²) in [6.07, 6.45) is 2.66. The van der Waals surface area contributed by atoms with Gasteiger partial charge in [-0.3, -0.25) is 4.79 Å². The summed E-state index contributed by atoms with van der Waals surface area (Å²) in [5.74, 6) is -0.312. The van der Waals surface area contributed by atoms with E-state index < -0.39 is 17.5 Å². The van der Waals surface area contributed by atoms with Crippen molar-refractivity contribution in [2.45, 2.75) is 43.8 Å². The van der Waals surface area contributed by atoms with Crippen LogP contribution < -0.4 is 4.74 Å². The highest BCUT2D eigenvalue weighted by Gasteiger charge is 2.44. The standard InChI is InChI=1S/C18H24FNO4/c1-23-15-5-4-13(11-14(15)19)12-17(22)20-8-6-18(7-9-20)16(21)3-2-10-24-18/h4-5,11,16,21H,2-3,6-10,12H2,1H3/t16-/m1/s1. The molecule has 0 aliphatic carbocycles. The van der Waals surface area contributed by atoms with Crippen LogP contribution in [0.5, 0.6) is 5.75 Å². The lowest BCUT2D eigenvalue weighted by molar-refractivity contribution is -0.179. The summed E-state index contributed by atoms with van der Waals surface area (Å²) in [6.45, 7) is 1.80. The van der Waals surface area contributed by atoms with Gasteiger partial charge in [0.15, 0.2) is 11.6 Å². The molecule has 6 heteroatoms. The van der Waals surface area contributed by atoms with Crippen molar-refractivity contribution >= 4 is 5.91 Å². The summed E-state index contributed by atoms with van der Waals surface area (Å²) in [5.41, 5.74) is 0.147. The van der Waals surface area contributed by atoms with E-state index in [0.29, 0.717) is 38.1 Å². The Labute approximate surface area is 141 Å². The average molecular weight is 337 g/mol. The number of carbonyl (C=O) groups excluding carboxylic acids is 1. The van der Waals surface area contributed by atoms with Gasteiger partial charge in [0, 0.05) is 19.7 Å². The van der Waals surface area contributed by atoms with Gasteiger partial charge in [-0.05, 0) is 43.4 Å². The van der Waals surface area contributed by atoms with Gasteiger partial charge < -0.3 is 19.5 Å². The number of benzene rings is 1. The molecule has 2 aliphatic rings. The molecule has 5 nitrogen and oxygen atoms in total. The third-order valence-corrected chi connectivity index (χ3v) is 5.15. The molecule has 2 heterocycles. The molecule has 2 aliphatic heterocycles. The normalized spacial score (nSPS) is 23.3. The van der Waals surface area contributed by atoms with Crippen LogP contribution in [0.1, 0.15) is 31.2 Å². The second-order valence-electron chi connectivity index (χ2n) is 6.60. The van der Waals surface area contributed by atoms with Crippen LogP contribution >= 0.6 is 0 Å². The van der Waals surface area contributed by atoms with Crippen molar-refractivity contribution < 1.29 is 23.8 Å². The van der Waals surface area contributed by atoms with E-state index in [1.54, 1.807) is 11.0 Å². The largest absolute Gasteiger partial charge is 0.494 e. The molecule has 0 bridgehead atoms. The fraction of sp³-hybridized carbons (Fsp3) is 0.611. The van der Waals surface area contributed by atoms with E-state index in [9.17, 15) is 14.3 Å². The van der Waals surface area contributed by atoms with Crippen LogP contribution in [-0.2, 0) is 16.0 Å². The summed E-state index contributed by atoms with van der Waals surface area (Å²) in [5, 5.41) is 10.2. The number of carbonyl (C=O) groups is 1. The van der Waals surface area contributed by atoms with Crippen LogP contribution in [0.2, 0.25) is 0 Å². The molecule has 3 rings (SSSR count). The molecular formula is C18H24FNO4. The minimum absolute atomic E-state index is 0.0280. The van der Waals surface area contributed by atoms with Crippen LogP contribution in [0.3, 0.4) is 0 Å². The van der Waals surface area contributed by atoms with Gasteiger partial charge in [-0.1, -0.05) is 6.07 Å². The van der Waals surface area contributed by atoms with E-state index in [1.165, 1.54) is 19.2 Å². The van der Waals surface area contributed by atoms with E-state index in [1.807, 2.05) is 0 Å². The predicted octanol–water partition coefficient (Wildman–Crippen LogP) is 1.91. The smallest absolute Gasteiger partial charge is 0.226 e. The molecular weight excluding hydrogens is 313 g/mol. The van der Waals surface area contributed by atoms with Crippen molar-refractivity contribution in [3.8, 4) is 5.75 Å². The molecule has 1 N–H and O–H groups in total. The zero-order valence-electron chi connectivity index (χ0n) is 14.0. The Morgan fingerprint density at radius 1 is 1.46 bits per heavy atom. The quantitative estimate of drug-likeness (QED) is 0.915. The van der Waals surface area contributed by atoms with Gasteiger partial charge in [-0.2, -0.15) is 0 Å². The number of nitrogens with zero attached hydrogens (tertiary/aromatic N) is 1. The Hall–Kier alpha value is -1.66. The third kappa shape index (κ3) is 3.39. The number of aliphatic hydroxyl groups excluding tert-OH is 1. The number of rotatable bonds is 3. The number of hydrogen-bond donors (Lipinski definition) is 1. The summed E-state index contributed by atoms with van der Waals surface area (Å²) < 4.78 is 24.5. The Morgan fingerprint density at radius 2 is 2.21 bits per heavy atom. The maximum atomic E-state index is 13.7. The fourth-order valence-electron chi connectivity index (χ4n) is 3.63. The van der Waals surface area contributed by atoms with E-state index in [0.717, 1.165) is 12.8 Å². The van der Waals surface area contributed by atoms with Crippen LogP contribution in [0.15, 0.2) is 18.2 Å². The summed E-state index contributed by atoms with van der Waals surface area (Å²) in [7, 11) is 1.41. The van der Waals surface area contributed by atoms with E-state index >= 15 is 0 Å². The van der Waals surface area contributed by atoms with Crippen molar-refractivity contribution in [2.24, 2.45) is 0 Å². The second kappa shape index (κ2) is 7.07. The first-order valence-corrected chi connectivity index (χ1v) is 8.46. The first-order valence-electron chi connectivity index (χ1n) is 8.46. The monoisotopic (exact) mass is 337 g/mol. The van der Waals surface area contributed by atoms with Crippen molar-refractivity contribution in [3.63, 3.8) is 0 Å². The Bertz CT molecular complexity index is 599. The summed E-state index contributed by atoms with van der Waals surface area (Å²) in [6, 6.07) is 4.59. The van der Waals surface area contributed by atoms with Gasteiger partial charge in [-0.25, -0.2) is 4.39 Å². The lowest BCUT2D eigenvalue weighted by atomic mass is 9.82.